The average molecular weight is 472 g/mol. The Morgan fingerprint density at radius 3 is 2.69 bits per heavy atom. The number of aryl methyl sites for hydroxylation is 2. The number of fused-ring (bicyclic) bond motifs is 2. The quantitative estimate of drug-likeness (QED) is 0.368. The summed E-state index contributed by atoms with van der Waals surface area (Å²) >= 11 is 0. The summed E-state index contributed by atoms with van der Waals surface area (Å²) in [4.78, 5) is 24.5. The van der Waals surface area contributed by atoms with E-state index in [2.05, 4.69) is 25.4 Å². The van der Waals surface area contributed by atoms with Gasteiger partial charge >= 0.3 is 5.97 Å². The van der Waals surface area contributed by atoms with Gasteiger partial charge in [0.2, 0.25) is 0 Å². The smallest absolute Gasteiger partial charge is 0.344 e. The third kappa shape index (κ3) is 4.21. The van der Waals surface area contributed by atoms with Gasteiger partial charge in [-0.15, -0.1) is 0 Å². The SMILES string of the molecule is Cc1cnc2ccc(Nc3ncnc4cc(-c5cnn(C)c5)cc(OC(C)C(=O)O)c34)c(F)c2c1. The van der Waals surface area contributed by atoms with Gasteiger partial charge in [0.1, 0.15) is 17.9 Å². The first-order chi connectivity index (χ1) is 16.8. The summed E-state index contributed by atoms with van der Waals surface area (Å²) in [5.74, 6) is -1.07. The van der Waals surface area contributed by atoms with Gasteiger partial charge in [-0.05, 0) is 55.3 Å². The third-order valence-electron chi connectivity index (χ3n) is 5.58. The van der Waals surface area contributed by atoms with Crippen molar-refractivity contribution in [3.63, 3.8) is 0 Å². The fourth-order valence-corrected chi connectivity index (χ4v) is 3.81. The monoisotopic (exact) mass is 472 g/mol. The molecule has 0 amide bonds. The van der Waals surface area contributed by atoms with Crippen molar-refractivity contribution in [3.8, 4) is 16.9 Å². The Labute approximate surface area is 199 Å². The number of halogens is 1. The van der Waals surface area contributed by atoms with Crippen molar-refractivity contribution in [2.24, 2.45) is 7.05 Å². The van der Waals surface area contributed by atoms with Crippen molar-refractivity contribution in [2.75, 3.05) is 5.32 Å². The van der Waals surface area contributed by atoms with Crippen LogP contribution in [0.2, 0.25) is 0 Å². The predicted molar refractivity (Wildman–Crippen MR) is 129 cm³/mol. The van der Waals surface area contributed by atoms with Gasteiger partial charge in [-0.1, -0.05) is 0 Å². The summed E-state index contributed by atoms with van der Waals surface area (Å²) in [6.07, 6.45) is 5.41. The second kappa shape index (κ2) is 8.64. The summed E-state index contributed by atoms with van der Waals surface area (Å²) in [6, 6.07) is 8.55. The molecule has 10 heteroatoms. The maximum Gasteiger partial charge on any atom is 0.344 e. The van der Waals surface area contributed by atoms with E-state index in [1.165, 1.54) is 13.3 Å². The first-order valence-electron chi connectivity index (χ1n) is 10.8. The fraction of sp³-hybridized carbons (Fsp3) is 0.160. The zero-order valence-electron chi connectivity index (χ0n) is 19.2. The molecule has 1 atom stereocenters. The molecule has 0 saturated heterocycles. The Morgan fingerprint density at radius 1 is 1.11 bits per heavy atom. The highest BCUT2D eigenvalue weighted by Gasteiger charge is 2.20. The summed E-state index contributed by atoms with van der Waals surface area (Å²) in [5, 5.41) is 17.5. The topological polar surface area (TPSA) is 115 Å². The van der Waals surface area contributed by atoms with Crippen LogP contribution in [0.15, 0.2) is 55.2 Å². The van der Waals surface area contributed by atoms with Gasteiger partial charge in [0.25, 0.3) is 0 Å². The van der Waals surface area contributed by atoms with Crippen LogP contribution >= 0.6 is 0 Å². The molecule has 0 bridgehead atoms. The number of nitrogens with one attached hydrogen (secondary N) is 1. The largest absolute Gasteiger partial charge is 0.479 e. The molecule has 0 radical (unpaired) electrons. The fourth-order valence-electron chi connectivity index (χ4n) is 3.81. The van der Waals surface area contributed by atoms with Gasteiger partial charge in [0, 0.05) is 30.4 Å². The number of pyridine rings is 1. The lowest BCUT2D eigenvalue weighted by Crippen LogP contribution is -2.23. The van der Waals surface area contributed by atoms with Crippen LogP contribution in [-0.4, -0.2) is 41.9 Å². The minimum Gasteiger partial charge on any atom is -0.479 e. The number of benzene rings is 2. The molecule has 1 unspecified atom stereocenters. The maximum absolute atomic E-state index is 15.4. The maximum atomic E-state index is 15.4. The van der Waals surface area contributed by atoms with Crippen molar-refractivity contribution in [1.82, 2.24) is 24.7 Å². The molecule has 0 aliphatic heterocycles. The van der Waals surface area contributed by atoms with Crippen LogP contribution in [0.25, 0.3) is 32.9 Å². The van der Waals surface area contributed by atoms with Crippen molar-refractivity contribution in [1.29, 1.82) is 0 Å². The Kier molecular flexibility index (Phi) is 5.48. The van der Waals surface area contributed by atoms with Crippen molar-refractivity contribution < 1.29 is 19.0 Å². The predicted octanol–water partition coefficient (Wildman–Crippen LogP) is 4.62. The summed E-state index contributed by atoms with van der Waals surface area (Å²) < 4.78 is 22.8. The first-order valence-corrected chi connectivity index (χ1v) is 10.8. The first kappa shape index (κ1) is 22.2. The standard InChI is InChI=1S/C25H21FN6O3/c1-13-6-17-18(27-9-13)4-5-19(23(17)26)31-24-22-20(28-12-29-24)7-15(16-10-30-32(3)11-16)8-21(22)35-14(2)25(33)34/h4-12,14H,1-3H3,(H,33,34)(H,28,29,31). The summed E-state index contributed by atoms with van der Waals surface area (Å²) in [5.41, 5.74) is 3.60. The van der Waals surface area contributed by atoms with Crippen LogP contribution in [0.3, 0.4) is 0 Å². The van der Waals surface area contributed by atoms with Crippen LogP contribution in [0.4, 0.5) is 15.9 Å². The molecule has 0 spiro atoms. The number of hydrogen-bond acceptors (Lipinski definition) is 7. The highest BCUT2D eigenvalue weighted by molar-refractivity contribution is 5.99. The Balaban J connectivity index is 1.66. The normalized spacial score (nSPS) is 12.1. The number of aliphatic carboxylic acids is 1. The van der Waals surface area contributed by atoms with Crippen LogP contribution in [0.1, 0.15) is 12.5 Å². The van der Waals surface area contributed by atoms with Crippen molar-refractivity contribution >= 4 is 39.3 Å². The molecule has 2 aromatic carbocycles. The van der Waals surface area contributed by atoms with E-state index in [4.69, 9.17) is 4.74 Å². The molecule has 0 saturated carbocycles. The molecule has 0 aliphatic rings. The van der Waals surface area contributed by atoms with Gasteiger partial charge in [0.05, 0.1) is 28.3 Å². The number of carboxylic acid groups (broad SMARTS) is 1. The lowest BCUT2D eigenvalue weighted by Gasteiger charge is -2.17. The lowest BCUT2D eigenvalue weighted by molar-refractivity contribution is -0.144. The average Bonchev–Trinajstić information content (AvgIpc) is 3.27. The molecule has 35 heavy (non-hydrogen) atoms. The van der Waals surface area contributed by atoms with Crippen molar-refractivity contribution in [2.45, 2.75) is 20.0 Å². The van der Waals surface area contributed by atoms with E-state index in [0.717, 1.165) is 16.7 Å². The number of ether oxygens (including phenoxy) is 1. The van der Waals surface area contributed by atoms with Crippen LogP contribution in [0.5, 0.6) is 5.75 Å². The molecule has 2 N–H and O–H groups in total. The van der Waals surface area contributed by atoms with Crippen LogP contribution in [-0.2, 0) is 11.8 Å². The number of aromatic nitrogens is 5. The molecule has 0 fully saturated rings. The Morgan fingerprint density at radius 2 is 1.94 bits per heavy atom. The van der Waals surface area contributed by atoms with E-state index < -0.39 is 17.9 Å². The summed E-state index contributed by atoms with van der Waals surface area (Å²) in [6.45, 7) is 3.27. The second-order valence-corrected chi connectivity index (χ2v) is 8.22. The molecule has 3 heterocycles. The molecule has 5 rings (SSSR count). The van der Waals surface area contributed by atoms with E-state index in [1.807, 2.05) is 19.2 Å². The minimum absolute atomic E-state index is 0.193. The van der Waals surface area contributed by atoms with Gasteiger partial charge in [-0.2, -0.15) is 5.10 Å². The van der Waals surface area contributed by atoms with Crippen LogP contribution < -0.4 is 10.1 Å². The van der Waals surface area contributed by atoms with E-state index >= 15 is 4.39 Å². The molecular formula is C25H21FN6O3. The molecule has 9 nitrogen and oxygen atoms in total. The summed E-state index contributed by atoms with van der Waals surface area (Å²) in [7, 11) is 1.80. The number of hydrogen-bond donors (Lipinski definition) is 2. The number of carboxylic acids is 1. The zero-order valence-corrected chi connectivity index (χ0v) is 19.2. The number of nitrogens with zero attached hydrogens (tertiary/aromatic N) is 5. The van der Waals surface area contributed by atoms with E-state index in [9.17, 15) is 9.90 Å². The second-order valence-electron chi connectivity index (χ2n) is 8.22. The number of carbonyl (C=O) groups is 1. The molecule has 176 valence electrons. The van der Waals surface area contributed by atoms with Gasteiger partial charge in [-0.25, -0.2) is 19.2 Å². The minimum atomic E-state index is -1.14. The molecule has 3 aromatic heterocycles. The molecular weight excluding hydrogens is 451 g/mol. The molecule has 0 aliphatic carbocycles. The third-order valence-corrected chi connectivity index (χ3v) is 5.58. The van der Waals surface area contributed by atoms with E-state index in [-0.39, 0.29) is 17.3 Å². The lowest BCUT2D eigenvalue weighted by atomic mass is 10.1. The Bertz CT molecular complexity index is 1600. The van der Waals surface area contributed by atoms with Gasteiger partial charge < -0.3 is 15.2 Å². The van der Waals surface area contributed by atoms with Gasteiger partial charge in [0.15, 0.2) is 11.9 Å². The van der Waals surface area contributed by atoms with Gasteiger partial charge in [-0.3, -0.25) is 9.67 Å². The number of rotatable bonds is 6. The number of anilines is 2. The van der Waals surface area contributed by atoms with E-state index in [1.54, 1.807) is 48.4 Å². The molecule has 5 aromatic rings. The zero-order chi connectivity index (χ0) is 24.7. The van der Waals surface area contributed by atoms with Crippen LogP contribution in [0, 0.1) is 12.7 Å². The highest BCUT2D eigenvalue weighted by Crippen LogP contribution is 2.37. The Hall–Kier alpha value is -4.60. The highest BCUT2D eigenvalue weighted by atomic mass is 19.1. The van der Waals surface area contributed by atoms with Crippen molar-refractivity contribution in [3.05, 3.63) is 66.6 Å². The van der Waals surface area contributed by atoms with E-state index in [0.29, 0.717) is 21.8 Å².